The Morgan fingerprint density at radius 3 is 2.54 bits per heavy atom. The Bertz CT molecular complexity index is 710. The Morgan fingerprint density at radius 1 is 1.12 bits per heavy atom. The van der Waals surface area contributed by atoms with Gasteiger partial charge in [-0.2, -0.15) is 0 Å². The molecule has 2 heterocycles. The van der Waals surface area contributed by atoms with Crippen LogP contribution < -0.4 is 4.74 Å². The summed E-state index contributed by atoms with van der Waals surface area (Å²) < 4.78 is 18.4. The Morgan fingerprint density at radius 2 is 1.88 bits per heavy atom. The van der Waals surface area contributed by atoms with Crippen LogP contribution in [0.15, 0.2) is 42.7 Å². The number of hydrogen-bond acceptors (Lipinski definition) is 3. The lowest BCUT2D eigenvalue weighted by atomic mass is 10.2. The fraction of sp³-hybridized carbons (Fsp3) is 0.294. The van der Waals surface area contributed by atoms with Gasteiger partial charge in [0.05, 0.1) is 5.56 Å². The summed E-state index contributed by atoms with van der Waals surface area (Å²) >= 11 is 0. The molecule has 1 aliphatic heterocycles. The highest BCUT2D eigenvalue weighted by Gasteiger charge is 2.25. The summed E-state index contributed by atoms with van der Waals surface area (Å²) in [6, 6.07) is 7.41. The van der Waals surface area contributed by atoms with Crippen LogP contribution >= 0.6 is 0 Å². The van der Waals surface area contributed by atoms with Crippen molar-refractivity contribution < 1.29 is 18.7 Å². The molecule has 7 heteroatoms. The van der Waals surface area contributed by atoms with Gasteiger partial charge in [0.2, 0.25) is 0 Å². The minimum Gasteiger partial charge on any atom is -0.484 e. The fourth-order valence-electron chi connectivity index (χ4n) is 2.59. The van der Waals surface area contributed by atoms with Crippen molar-refractivity contribution in [2.75, 3.05) is 32.8 Å². The van der Waals surface area contributed by atoms with Crippen LogP contribution in [-0.4, -0.2) is 59.4 Å². The molecule has 1 aromatic heterocycles. The summed E-state index contributed by atoms with van der Waals surface area (Å²) in [5.74, 6) is -0.297. The normalized spacial score (nSPS) is 14.5. The smallest absolute Gasteiger partial charge is 0.260 e. The molecule has 0 aliphatic carbocycles. The molecule has 0 radical (unpaired) electrons. The van der Waals surface area contributed by atoms with Crippen LogP contribution in [0.2, 0.25) is 0 Å². The third kappa shape index (κ3) is 3.73. The number of amides is 2. The average molecular weight is 331 g/mol. The van der Waals surface area contributed by atoms with Crippen LogP contribution in [0.4, 0.5) is 4.39 Å². The van der Waals surface area contributed by atoms with Gasteiger partial charge in [-0.25, -0.2) is 4.39 Å². The van der Waals surface area contributed by atoms with Crippen LogP contribution in [0.1, 0.15) is 10.4 Å². The molecule has 3 rings (SSSR count). The molecule has 2 amide bonds. The predicted molar refractivity (Wildman–Crippen MR) is 85.2 cm³/mol. The third-order valence-corrected chi connectivity index (χ3v) is 3.92. The van der Waals surface area contributed by atoms with Gasteiger partial charge < -0.3 is 19.5 Å². The zero-order valence-corrected chi connectivity index (χ0v) is 13.1. The summed E-state index contributed by atoms with van der Waals surface area (Å²) in [5.41, 5.74) is 0.615. The van der Waals surface area contributed by atoms with Crippen molar-refractivity contribution in [2.45, 2.75) is 0 Å². The minimum atomic E-state index is -0.406. The van der Waals surface area contributed by atoms with E-state index in [1.54, 1.807) is 34.3 Å². The number of H-pyrrole nitrogens is 1. The van der Waals surface area contributed by atoms with Crippen molar-refractivity contribution in [3.63, 3.8) is 0 Å². The minimum absolute atomic E-state index is 0.0423. The lowest BCUT2D eigenvalue weighted by Crippen LogP contribution is -2.51. The maximum atomic E-state index is 13.1. The van der Waals surface area contributed by atoms with Crippen molar-refractivity contribution in [2.24, 2.45) is 0 Å². The van der Waals surface area contributed by atoms with Gasteiger partial charge in [-0.1, -0.05) is 6.07 Å². The predicted octanol–water partition coefficient (Wildman–Crippen LogP) is 1.52. The molecule has 0 atom stereocenters. The first-order valence-corrected chi connectivity index (χ1v) is 7.72. The van der Waals surface area contributed by atoms with E-state index < -0.39 is 5.82 Å². The Labute approximate surface area is 138 Å². The molecular formula is C17H18FN3O3. The zero-order chi connectivity index (χ0) is 16.9. The molecular weight excluding hydrogens is 313 g/mol. The van der Waals surface area contributed by atoms with Crippen LogP contribution in [0.25, 0.3) is 0 Å². The number of nitrogens with zero attached hydrogens (tertiary/aromatic N) is 2. The molecule has 1 aromatic carbocycles. The third-order valence-electron chi connectivity index (χ3n) is 3.92. The van der Waals surface area contributed by atoms with Gasteiger partial charge in [0.15, 0.2) is 6.61 Å². The highest BCUT2D eigenvalue weighted by Crippen LogP contribution is 2.13. The number of benzene rings is 1. The second-order valence-electron chi connectivity index (χ2n) is 5.52. The van der Waals surface area contributed by atoms with E-state index in [1.165, 1.54) is 18.2 Å². The van der Waals surface area contributed by atoms with Gasteiger partial charge in [-0.05, 0) is 18.2 Å². The lowest BCUT2D eigenvalue weighted by molar-refractivity contribution is -0.134. The second-order valence-corrected chi connectivity index (χ2v) is 5.52. The molecule has 0 saturated carbocycles. The number of carbonyl (C=O) groups is 2. The number of carbonyl (C=O) groups excluding carboxylic acids is 2. The maximum Gasteiger partial charge on any atom is 0.260 e. The molecule has 126 valence electrons. The molecule has 24 heavy (non-hydrogen) atoms. The molecule has 2 aromatic rings. The number of hydrogen-bond donors (Lipinski definition) is 1. The number of halogens is 1. The van der Waals surface area contributed by atoms with E-state index in [2.05, 4.69) is 4.98 Å². The Balaban J connectivity index is 1.47. The van der Waals surface area contributed by atoms with Crippen molar-refractivity contribution in [1.29, 1.82) is 0 Å². The first-order valence-electron chi connectivity index (χ1n) is 7.72. The number of ether oxygens (including phenoxy) is 1. The van der Waals surface area contributed by atoms with Crippen LogP contribution in [0, 0.1) is 5.82 Å². The summed E-state index contributed by atoms with van der Waals surface area (Å²) in [5, 5.41) is 0. The molecule has 1 N–H and O–H groups in total. The summed E-state index contributed by atoms with van der Waals surface area (Å²) in [6.45, 7) is 1.74. The monoisotopic (exact) mass is 331 g/mol. The Hall–Kier alpha value is -2.83. The number of rotatable bonds is 4. The number of aromatic nitrogens is 1. The highest BCUT2D eigenvalue weighted by molar-refractivity contribution is 5.94. The summed E-state index contributed by atoms with van der Waals surface area (Å²) in [7, 11) is 0. The molecule has 0 unspecified atom stereocenters. The van der Waals surface area contributed by atoms with Crippen LogP contribution in [-0.2, 0) is 4.79 Å². The van der Waals surface area contributed by atoms with Crippen LogP contribution in [0.5, 0.6) is 5.75 Å². The largest absolute Gasteiger partial charge is 0.484 e. The van der Waals surface area contributed by atoms with Gasteiger partial charge in [0.25, 0.3) is 11.8 Å². The maximum absolute atomic E-state index is 13.1. The van der Waals surface area contributed by atoms with E-state index in [1.807, 2.05) is 0 Å². The fourth-order valence-corrected chi connectivity index (χ4v) is 2.59. The number of piperazine rings is 1. The number of aromatic amines is 1. The van der Waals surface area contributed by atoms with Gasteiger partial charge in [0, 0.05) is 44.6 Å². The van der Waals surface area contributed by atoms with E-state index in [-0.39, 0.29) is 18.4 Å². The molecule has 6 nitrogen and oxygen atoms in total. The van der Waals surface area contributed by atoms with E-state index in [4.69, 9.17) is 4.74 Å². The average Bonchev–Trinajstić information content (AvgIpc) is 3.14. The topological polar surface area (TPSA) is 65.6 Å². The SMILES string of the molecule is O=C(COc1cccc(F)c1)N1CCN(C(=O)c2cc[nH]c2)CC1. The number of nitrogens with one attached hydrogen (secondary N) is 1. The van der Waals surface area contributed by atoms with Crippen molar-refractivity contribution in [1.82, 2.24) is 14.8 Å². The van der Waals surface area contributed by atoms with E-state index in [9.17, 15) is 14.0 Å². The van der Waals surface area contributed by atoms with Crippen LogP contribution in [0.3, 0.4) is 0 Å². The molecule has 1 fully saturated rings. The lowest BCUT2D eigenvalue weighted by Gasteiger charge is -2.34. The van der Waals surface area contributed by atoms with Crippen molar-refractivity contribution in [3.05, 3.63) is 54.1 Å². The van der Waals surface area contributed by atoms with Gasteiger partial charge in [-0.3, -0.25) is 9.59 Å². The second kappa shape index (κ2) is 7.16. The van der Waals surface area contributed by atoms with Crippen molar-refractivity contribution in [3.8, 4) is 5.75 Å². The molecule has 0 spiro atoms. The first kappa shape index (κ1) is 16.0. The first-order chi connectivity index (χ1) is 11.6. The van der Waals surface area contributed by atoms with E-state index in [0.29, 0.717) is 37.5 Å². The molecule has 1 saturated heterocycles. The molecule has 0 bridgehead atoms. The quantitative estimate of drug-likeness (QED) is 0.924. The molecule has 1 aliphatic rings. The summed E-state index contributed by atoms with van der Waals surface area (Å²) in [4.78, 5) is 30.6. The van der Waals surface area contributed by atoms with E-state index >= 15 is 0 Å². The summed E-state index contributed by atoms with van der Waals surface area (Å²) in [6.07, 6.45) is 3.36. The zero-order valence-electron chi connectivity index (χ0n) is 13.1. The van der Waals surface area contributed by atoms with Gasteiger partial charge in [0.1, 0.15) is 11.6 Å². The van der Waals surface area contributed by atoms with Crippen molar-refractivity contribution >= 4 is 11.8 Å². The van der Waals surface area contributed by atoms with Gasteiger partial charge in [-0.15, -0.1) is 0 Å². The van der Waals surface area contributed by atoms with Gasteiger partial charge >= 0.3 is 0 Å². The standard InChI is InChI=1S/C17H18FN3O3/c18-14-2-1-3-15(10-14)24-12-16(22)20-6-8-21(9-7-20)17(23)13-4-5-19-11-13/h1-5,10-11,19H,6-9,12H2. The van der Waals surface area contributed by atoms with E-state index in [0.717, 1.165) is 0 Å². The Kier molecular flexibility index (Phi) is 4.79. The highest BCUT2D eigenvalue weighted by atomic mass is 19.1.